The number of nitrogens with zero attached hydrogens (tertiary/aromatic N) is 2. The molecule has 88 valence electrons. The van der Waals surface area contributed by atoms with E-state index in [1.165, 1.54) is 0 Å². The third-order valence-corrected chi connectivity index (χ3v) is 3.46. The summed E-state index contributed by atoms with van der Waals surface area (Å²) in [4.78, 5) is 13.8. The number of hydrogen-bond donors (Lipinski definition) is 1. The number of ether oxygens (including phenoxy) is 1. The highest BCUT2D eigenvalue weighted by molar-refractivity contribution is 5.86. The molecule has 5 nitrogen and oxygen atoms in total. The molecule has 1 aliphatic heterocycles. The lowest BCUT2D eigenvalue weighted by Gasteiger charge is -2.41. The lowest BCUT2D eigenvalue weighted by molar-refractivity contribution is -0.151. The molecule has 0 spiro atoms. The first-order chi connectivity index (χ1) is 7.72. The molecular formula is C11H16N2O3. The van der Waals surface area contributed by atoms with Gasteiger partial charge in [-0.2, -0.15) is 5.26 Å². The third-order valence-electron chi connectivity index (χ3n) is 3.46. The summed E-state index contributed by atoms with van der Waals surface area (Å²) in [5.41, 5.74) is -0.780. The Hall–Kier alpha value is -1.12. The molecule has 0 aromatic heterocycles. The first-order valence-corrected chi connectivity index (χ1v) is 5.65. The molecule has 1 amide bonds. The van der Waals surface area contributed by atoms with Crippen LogP contribution in [0.3, 0.4) is 0 Å². The first kappa shape index (κ1) is 11.4. The zero-order chi connectivity index (χ0) is 11.6. The highest BCUT2D eigenvalue weighted by Crippen LogP contribution is 2.42. The molecule has 1 atom stereocenters. The molecule has 0 aromatic rings. The van der Waals surface area contributed by atoms with Crippen molar-refractivity contribution in [2.45, 2.75) is 25.4 Å². The molecule has 2 fully saturated rings. The molecular weight excluding hydrogens is 208 g/mol. The van der Waals surface area contributed by atoms with E-state index in [0.717, 1.165) is 6.42 Å². The second-order valence-corrected chi connectivity index (χ2v) is 4.47. The summed E-state index contributed by atoms with van der Waals surface area (Å²) in [6.07, 6.45) is 1.99. The fourth-order valence-corrected chi connectivity index (χ4v) is 2.22. The molecule has 1 heterocycles. The molecule has 5 heteroatoms. The molecule has 1 saturated carbocycles. The van der Waals surface area contributed by atoms with E-state index in [-0.39, 0.29) is 18.6 Å². The highest BCUT2D eigenvalue weighted by atomic mass is 16.5. The van der Waals surface area contributed by atoms with Crippen molar-refractivity contribution in [2.24, 2.45) is 5.41 Å². The minimum atomic E-state index is -0.780. The van der Waals surface area contributed by atoms with Crippen LogP contribution in [0.4, 0.5) is 0 Å². The van der Waals surface area contributed by atoms with E-state index in [2.05, 4.69) is 6.07 Å². The lowest BCUT2D eigenvalue weighted by atomic mass is 9.69. The van der Waals surface area contributed by atoms with Gasteiger partial charge in [-0.1, -0.05) is 0 Å². The maximum absolute atomic E-state index is 12.2. The van der Waals surface area contributed by atoms with Crippen LogP contribution < -0.4 is 0 Å². The van der Waals surface area contributed by atoms with E-state index < -0.39 is 5.41 Å². The van der Waals surface area contributed by atoms with Gasteiger partial charge < -0.3 is 14.7 Å². The summed E-state index contributed by atoms with van der Waals surface area (Å²) in [7, 11) is 0. The molecule has 2 rings (SSSR count). The largest absolute Gasteiger partial charge is 0.394 e. The molecule has 1 saturated heterocycles. The summed E-state index contributed by atoms with van der Waals surface area (Å²) >= 11 is 0. The fraction of sp³-hybridized carbons (Fsp3) is 0.818. The summed E-state index contributed by atoms with van der Waals surface area (Å²) in [5, 5.41) is 18.1. The van der Waals surface area contributed by atoms with Gasteiger partial charge in [0.05, 0.1) is 25.4 Å². The van der Waals surface area contributed by atoms with Crippen molar-refractivity contribution in [3.05, 3.63) is 0 Å². The van der Waals surface area contributed by atoms with E-state index in [9.17, 15) is 4.79 Å². The smallest absolute Gasteiger partial charge is 0.243 e. The number of morpholine rings is 1. The molecule has 2 aliphatic rings. The summed E-state index contributed by atoms with van der Waals surface area (Å²) in [6, 6.07) is 2.15. The van der Waals surface area contributed by atoms with Crippen molar-refractivity contribution < 1.29 is 14.6 Å². The van der Waals surface area contributed by atoms with Crippen LogP contribution in [-0.2, 0) is 9.53 Å². The van der Waals surface area contributed by atoms with Crippen molar-refractivity contribution in [1.29, 1.82) is 5.26 Å². The number of aliphatic hydroxyl groups excluding tert-OH is 1. The van der Waals surface area contributed by atoms with E-state index in [1.54, 1.807) is 4.90 Å². The Labute approximate surface area is 94.6 Å². The van der Waals surface area contributed by atoms with Crippen molar-refractivity contribution in [1.82, 2.24) is 4.90 Å². The standard InChI is InChI=1S/C11H16N2O3/c12-8-11(2-1-3-11)10(15)13-4-5-16-9(6-13)7-14/h9,14H,1-7H2. The van der Waals surface area contributed by atoms with Crippen LogP contribution in [0, 0.1) is 16.7 Å². The average Bonchev–Trinajstić information content (AvgIpc) is 2.28. The van der Waals surface area contributed by atoms with E-state index in [0.29, 0.717) is 32.5 Å². The Balaban J connectivity index is 2.02. The maximum Gasteiger partial charge on any atom is 0.243 e. The van der Waals surface area contributed by atoms with Crippen molar-refractivity contribution in [3.63, 3.8) is 0 Å². The Morgan fingerprint density at radius 1 is 1.62 bits per heavy atom. The molecule has 16 heavy (non-hydrogen) atoms. The molecule has 0 aromatic carbocycles. The van der Waals surface area contributed by atoms with E-state index >= 15 is 0 Å². The number of carbonyl (C=O) groups excluding carboxylic acids is 1. The number of amides is 1. The second kappa shape index (κ2) is 4.40. The van der Waals surface area contributed by atoms with Crippen molar-refractivity contribution in [2.75, 3.05) is 26.3 Å². The van der Waals surface area contributed by atoms with Gasteiger partial charge in [0.25, 0.3) is 0 Å². The monoisotopic (exact) mass is 224 g/mol. The number of carbonyl (C=O) groups is 1. The van der Waals surface area contributed by atoms with Gasteiger partial charge in [-0.25, -0.2) is 0 Å². The highest BCUT2D eigenvalue weighted by Gasteiger charge is 2.47. The number of hydrogen-bond acceptors (Lipinski definition) is 4. The average molecular weight is 224 g/mol. The van der Waals surface area contributed by atoms with Gasteiger partial charge >= 0.3 is 0 Å². The zero-order valence-corrected chi connectivity index (χ0v) is 9.19. The van der Waals surface area contributed by atoms with Crippen LogP contribution in [0.5, 0.6) is 0 Å². The predicted molar refractivity (Wildman–Crippen MR) is 55.3 cm³/mol. The van der Waals surface area contributed by atoms with Gasteiger partial charge in [0.15, 0.2) is 0 Å². The van der Waals surface area contributed by atoms with Gasteiger partial charge in [-0.3, -0.25) is 4.79 Å². The second-order valence-electron chi connectivity index (χ2n) is 4.47. The Morgan fingerprint density at radius 3 is 2.88 bits per heavy atom. The van der Waals surface area contributed by atoms with Gasteiger partial charge in [-0.15, -0.1) is 0 Å². The fourth-order valence-electron chi connectivity index (χ4n) is 2.22. The summed E-state index contributed by atoms with van der Waals surface area (Å²) in [6.45, 7) is 1.29. The zero-order valence-electron chi connectivity index (χ0n) is 9.19. The van der Waals surface area contributed by atoms with Crippen LogP contribution in [0.2, 0.25) is 0 Å². The Morgan fingerprint density at radius 2 is 2.38 bits per heavy atom. The quantitative estimate of drug-likeness (QED) is 0.711. The Kier molecular flexibility index (Phi) is 3.13. The lowest BCUT2D eigenvalue weighted by Crippen LogP contribution is -2.53. The van der Waals surface area contributed by atoms with Gasteiger partial charge in [0.1, 0.15) is 5.41 Å². The summed E-state index contributed by atoms with van der Waals surface area (Å²) in [5.74, 6) is -0.0806. The topological polar surface area (TPSA) is 73.6 Å². The number of aliphatic hydroxyl groups is 1. The van der Waals surface area contributed by atoms with Crippen LogP contribution in [0.25, 0.3) is 0 Å². The van der Waals surface area contributed by atoms with Crippen LogP contribution in [0.1, 0.15) is 19.3 Å². The maximum atomic E-state index is 12.2. The first-order valence-electron chi connectivity index (χ1n) is 5.65. The van der Waals surface area contributed by atoms with E-state index in [4.69, 9.17) is 15.1 Å². The molecule has 0 radical (unpaired) electrons. The molecule has 0 bridgehead atoms. The predicted octanol–water partition coefficient (Wildman–Crippen LogP) is -0.100. The molecule has 1 aliphatic carbocycles. The van der Waals surface area contributed by atoms with Crippen LogP contribution in [0.15, 0.2) is 0 Å². The number of nitriles is 1. The van der Waals surface area contributed by atoms with Gasteiger partial charge in [-0.05, 0) is 19.3 Å². The minimum Gasteiger partial charge on any atom is -0.394 e. The van der Waals surface area contributed by atoms with Gasteiger partial charge in [0.2, 0.25) is 5.91 Å². The van der Waals surface area contributed by atoms with Crippen LogP contribution >= 0.6 is 0 Å². The molecule has 1 N–H and O–H groups in total. The Bertz CT molecular complexity index is 320. The van der Waals surface area contributed by atoms with Gasteiger partial charge in [0, 0.05) is 13.1 Å². The SMILES string of the molecule is N#CC1(C(=O)N2CCOC(CO)C2)CCC1. The number of rotatable bonds is 2. The van der Waals surface area contributed by atoms with Crippen LogP contribution in [-0.4, -0.2) is 48.3 Å². The molecule has 1 unspecified atom stereocenters. The normalized spacial score (nSPS) is 28.0. The van der Waals surface area contributed by atoms with Crippen molar-refractivity contribution >= 4 is 5.91 Å². The third kappa shape index (κ3) is 1.79. The summed E-state index contributed by atoms with van der Waals surface area (Å²) < 4.78 is 5.28. The van der Waals surface area contributed by atoms with E-state index in [1.807, 2.05) is 0 Å². The van der Waals surface area contributed by atoms with Crippen molar-refractivity contribution in [3.8, 4) is 6.07 Å². The minimum absolute atomic E-state index is 0.0800.